The van der Waals surface area contributed by atoms with Crippen LogP contribution in [0.3, 0.4) is 0 Å². The molecule has 0 unspecified atom stereocenters. The zero-order valence-electron chi connectivity index (χ0n) is 6.35. The molecule has 0 fully saturated rings. The molecule has 80 valence electrons. The molecule has 14 heavy (non-hydrogen) atoms. The van der Waals surface area contributed by atoms with Crippen LogP contribution in [0.4, 0.5) is 13.2 Å². The van der Waals surface area contributed by atoms with Gasteiger partial charge in [-0.15, -0.1) is 23.7 Å². The quantitative estimate of drug-likeness (QED) is 0.619. The van der Waals surface area contributed by atoms with E-state index in [1.165, 1.54) is 0 Å². The van der Waals surface area contributed by atoms with Gasteiger partial charge < -0.3 is 5.73 Å². The topological polar surface area (TPSA) is 62.8 Å². The highest BCUT2D eigenvalue weighted by atomic mass is 79.9. The van der Waals surface area contributed by atoms with Gasteiger partial charge in [-0.05, 0) is 15.9 Å². The molecule has 0 atom stereocenters. The van der Waals surface area contributed by atoms with Crippen molar-refractivity contribution in [2.24, 2.45) is 5.73 Å². The van der Waals surface area contributed by atoms with Crippen LogP contribution in [0, 0.1) is 5.41 Å². The van der Waals surface area contributed by atoms with E-state index in [-0.39, 0.29) is 21.2 Å². The van der Waals surface area contributed by atoms with Crippen LogP contribution in [0.5, 0.6) is 0 Å². The lowest BCUT2D eigenvalue weighted by Crippen LogP contribution is -2.16. The molecule has 0 aliphatic rings. The van der Waals surface area contributed by atoms with E-state index in [0.29, 0.717) is 11.3 Å². The normalized spacial score (nSPS) is 10.9. The van der Waals surface area contributed by atoms with Gasteiger partial charge in [0.25, 0.3) is 0 Å². The summed E-state index contributed by atoms with van der Waals surface area (Å²) in [6.45, 7) is 0. The third-order valence-electron chi connectivity index (χ3n) is 1.11. The lowest BCUT2D eigenvalue weighted by Gasteiger charge is -2.03. The van der Waals surface area contributed by atoms with Crippen molar-refractivity contribution < 1.29 is 13.2 Å². The Morgan fingerprint density at radius 2 is 2.00 bits per heavy atom. The van der Waals surface area contributed by atoms with Gasteiger partial charge in [0, 0.05) is 0 Å². The summed E-state index contributed by atoms with van der Waals surface area (Å²) in [5.41, 5.74) is 3.84. The van der Waals surface area contributed by atoms with Crippen molar-refractivity contribution >= 4 is 45.5 Å². The minimum atomic E-state index is -4.57. The summed E-state index contributed by atoms with van der Waals surface area (Å²) < 4.78 is 36.6. The number of amidine groups is 1. The number of halogens is 5. The maximum Gasteiger partial charge on any atom is 0.434 e. The number of alkyl halides is 3. The molecule has 0 saturated heterocycles. The number of nitrogens with two attached hydrogens (primary N) is 1. The molecule has 0 aromatic carbocycles. The third kappa shape index (κ3) is 2.82. The van der Waals surface area contributed by atoms with E-state index in [9.17, 15) is 13.2 Å². The first-order valence-electron chi connectivity index (χ1n) is 2.90. The van der Waals surface area contributed by atoms with E-state index < -0.39 is 17.7 Å². The SMILES string of the molecule is Cl.N=C(N)c1sc(Br)nc1C(F)(F)F. The predicted molar refractivity (Wildman–Crippen MR) is 53.1 cm³/mol. The Morgan fingerprint density at radius 1 is 1.50 bits per heavy atom. The molecule has 0 saturated carbocycles. The molecule has 0 aliphatic carbocycles. The van der Waals surface area contributed by atoms with Crippen molar-refractivity contribution in [3.63, 3.8) is 0 Å². The van der Waals surface area contributed by atoms with Gasteiger partial charge in [-0.2, -0.15) is 13.2 Å². The summed E-state index contributed by atoms with van der Waals surface area (Å²) in [4.78, 5) is 2.83. The number of nitrogens with zero attached hydrogens (tertiary/aromatic N) is 1. The molecule has 3 N–H and O–H groups in total. The van der Waals surface area contributed by atoms with Crippen molar-refractivity contribution in [3.8, 4) is 0 Å². The van der Waals surface area contributed by atoms with Crippen molar-refractivity contribution in [2.75, 3.05) is 0 Å². The molecule has 0 amide bonds. The van der Waals surface area contributed by atoms with Crippen molar-refractivity contribution in [1.82, 2.24) is 4.98 Å². The summed E-state index contributed by atoms with van der Waals surface area (Å²) in [6.07, 6.45) is -4.57. The van der Waals surface area contributed by atoms with Crippen molar-refractivity contribution in [2.45, 2.75) is 6.18 Å². The fourth-order valence-corrected chi connectivity index (χ4v) is 2.01. The molecule has 0 aliphatic heterocycles. The fraction of sp³-hybridized carbons (Fsp3) is 0.200. The molecule has 0 bridgehead atoms. The second-order valence-corrected chi connectivity index (χ2v) is 4.33. The van der Waals surface area contributed by atoms with Crippen LogP contribution in [0.25, 0.3) is 0 Å². The Kier molecular flexibility index (Phi) is 4.34. The van der Waals surface area contributed by atoms with E-state index in [1.54, 1.807) is 0 Å². The molecule has 0 radical (unpaired) electrons. The highest BCUT2D eigenvalue weighted by Gasteiger charge is 2.38. The Hall–Kier alpha value is -0.340. The maximum atomic E-state index is 12.2. The van der Waals surface area contributed by atoms with Gasteiger partial charge in [-0.1, -0.05) is 0 Å². The van der Waals surface area contributed by atoms with E-state index in [4.69, 9.17) is 11.1 Å². The molecule has 1 heterocycles. The number of rotatable bonds is 1. The van der Waals surface area contributed by atoms with Crippen LogP contribution in [0.15, 0.2) is 3.92 Å². The Balaban J connectivity index is 0.00000169. The monoisotopic (exact) mass is 309 g/mol. The van der Waals surface area contributed by atoms with Gasteiger partial charge in [0.2, 0.25) is 0 Å². The van der Waals surface area contributed by atoms with Crippen LogP contribution in [0.1, 0.15) is 10.6 Å². The van der Waals surface area contributed by atoms with Crippen LogP contribution >= 0.6 is 39.7 Å². The molecule has 3 nitrogen and oxygen atoms in total. The highest BCUT2D eigenvalue weighted by molar-refractivity contribution is 9.11. The van der Waals surface area contributed by atoms with Gasteiger partial charge in [0.1, 0.15) is 10.7 Å². The Bertz CT molecular complexity index is 350. The van der Waals surface area contributed by atoms with Gasteiger partial charge in [-0.25, -0.2) is 4.98 Å². The first-order valence-corrected chi connectivity index (χ1v) is 4.51. The summed E-state index contributed by atoms with van der Waals surface area (Å²) >= 11 is 3.48. The summed E-state index contributed by atoms with van der Waals surface area (Å²) in [5, 5.41) is 6.90. The number of thiazole rings is 1. The smallest absolute Gasteiger partial charge is 0.383 e. The Labute approximate surface area is 95.6 Å². The summed E-state index contributed by atoms with van der Waals surface area (Å²) in [6, 6.07) is 0. The Morgan fingerprint density at radius 3 is 2.29 bits per heavy atom. The van der Waals surface area contributed by atoms with E-state index >= 15 is 0 Å². The standard InChI is InChI=1S/C5H3BrF3N3S.ClH/c6-4-12-2(5(7,8)9)1(13-4)3(10)11;/h(H3,10,11);1H. The van der Waals surface area contributed by atoms with Crippen LogP contribution < -0.4 is 5.73 Å². The second-order valence-electron chi connectivity index (χ2n) is 2.06. The first-order chi connectivity index (χ1) is 5.82. The molecule has 1 aromatic heterocycles. The molecular formula is C5H4BrClF3N3S. The number of hydrogen-bond acceptors (Lipinski definition) is 3. The largest absolute Gasteiger partial charge is 0.434 e. The second kappa shape index (κ2) is 4.45. The number of hydrogen-bond donors (Lipinski definition) is 2. The predicted octanol–water partition coefficient (Wildman–Crippen LogP) is 2.63. The van der Waals surface area contributed by atoms with Crippen LogP contribution in [0.2, 0.25) is 0 Å². The third-order valence-corrected chi connectivity index (χ3v) is 2.65. The average molecular weight is 311 g/mol. The lowest BCUT2D eigenvalue weighted by atomic mass is 10.3. The molecule has 1 rings (SSSR count). The lowest BCUT2D eigenvalue weighted by molar-refractivity contribution is -0.140. The molecule has 0 spiro atoms. The van der Waals surface area contributed by atoms with Gasteiger partial charge in [0.15, 0.2) is 9.61 Å². The summed E-state index contributed by atoms with van der Waals surface area (Å²) in [5.74, 6) is -0.629. The fourth-order valence-electron chi connectivity index (χ4n) is 0.669. The van der Waals surface area contributed by atoms with Gasteiger partial charge in [-0.3, -0.25) is 5.41 Å². The van der Waals surface area contributed by atoms with Crippen molar-refractivity contribution in [3.05, 3.63) is 14.5 Å². The number of nitrogens with one attached hydrogen (secondary N) is 1. The first kappa shape index (κ1) is 13.7. The van der Waals surface area contributed by atoms with E-state index in [2.05, 4.69) is 20.9 Å². The van der Waals surface area contributed by atoms with Crippen LogP contribution in [-0.4, -0.2) is 10.8 Å². The van der Waals surface area contributed by atoms with E-state index in [1.807, 2.05) is 0 Å². The zero-order chi connectivity index (χ0) is 10.2. The zero-order valence-corrected chi connectivity index (χ0v) is 9.57. The molecule has 9 heteroatoms. The number of nitrogen functional groups attached to an aromatic ring is 1. The average Bonchev–Trinajstić information content (AvgIpc) is 2.29. The minimum absolute atomic E-state index is 0. The number of aromatic nitrogens is 1. The maximum absolute atomic E-state index is 12.2. The summed E-state index contributed by atoms with van der Waals surface area (Å²) in [7, 11) is 0. The van der Waals surface area contributed by atoms with E-state index in [0.717, 1.165) is 0 Å². The van der Waals surface area contributed by atoms with Gasteiger partial charge in [0.05, 0.1) is 0 Å². The molecular weight excluding hydrogens is 306 g/mol. The van der Waals surface area contributed by atoms with Crippen molar-refractivity contribution in [1.29, 1.82) is 5.41 Å². The molecule has 1 aromatic rings. The minimum Gasteiger partial charge on any atom is -0.383 e. The highest BCUT2D eigenvalue weighted by Crippen LogP contribution is 2.35. The van der Waals surface area contributed by atoms with Crippen LogP contribution in [-0.2, 0) is 6.18 Å². The van der Waals surface area contributed by atoms with Gasteiger partial charge >= 0.3 is 6.18 Å².